The number of nitrogens with zero attached hydrogens (tertiary/aromatic N) is 4. The van der Waals surface area contributed by atoms with E-state index in [9.17, 15) is 0 Å². The van der Waals surface area contributed by atoms with Crippen LogP contribution in [-0.2, 0) is 6.54 Å². The maximum absolute atomic E-state index is 5.93. The number of ether oxygens (including phenoxy) is 1. The third-order valence-corrected chi connectivity index (χ3v) is 3.09. The van der Waals surface area contributed by atoms with E-state index in [0.29, 0.717) is 11.4 Å². The van der Waals surface area contributed by atoms with Gasteiger partial charge < -0.3 is 10.5 Å². The van der Waals surface area contributed by atoms with Gasteiger partial charge >= 0.3 is 0 Å². The predicted octanol–water partition coefficient (Wildman–Crippen LogP) is 2.37. The lowest BCUT2D eigenvalue weighted by Crippen LogP contribution is -2.12. The number of hydrogen-bond acceptors (Lipinski definition) is 5. The van der Waals surface area contributed by atoms with Gasteiger partial charge in [0.2, 0.25) is 0 Å². The van der Waals surface area contributed by atoms with Crippen molar-refractivity contribution in [1.29, 1.82) is 0 Å². The fourth-order valence-corrected chi connectivity index (χ4v) is 1.88. The Bertz CT molecular complexity index is 585. The molecule has 0 aliphatic heterocycles. The molecule has 0 spiro atoms. The lowest BCUT2D eigenvalue weighted by atomic mass is 9.92. The van der Waals surface area contributed by atoms with Gasteiger partial charge in [0.05, 0.1) is 12.8 Å². The molecular weight excluding hydrogens is 254 g/mol. The smallest absolute Gasteiger partial charge is 0.182 e. The first kappa shape index (κ1) is 14.3. The molecule has 0 saturated carbocycles. The van der Waals surface area contributed by atoms with Crippen LogP contribution in [0.3, 0.4) is 0 Å². The molecule has 6 nitrogen and oxygen atoms in total. The maximum atomic E-state index is 5.93. The Balaban J connectivity index is 2.25. The van der Waals surface area contributed by atoms with Crippen molar-refractivity contribution < 1.29 is 4.74 Å². The zero-order valence-corrected chi connectivity index (χ0v) is 12.4. The van der Waals surface area contributed by atoms with E-state index in [0.717, 1.165) is 24.4 Å². The third kappa shape index (κ3) is 3.26. The van der Waals surface area contributed by atoms with Crippen LogP contribution in [0.1, 0.15) is 27.2 Å². The van der Waals surface area contributed by atoms with Crippen molar-refractivity contribution in [1.82, 2.24) is 20.2 Å². The third-order valence-electron chi connectivity index (χ3n) is 3.09. The molecule has 0 aliphatic carbocycles. The highest BCUT2D eigenvalue weighted by molar-refractivity contribution is 5.66. The predicted molar refractivity (Wildman–Crippen MR) is 78.3 cm³/mol. The van der Waals surface area contributed by atoms with E-state index in [1.807, 2.05) is 22.9 Å². The summed E-state index contributed by atoms with van der Waals surface area (Å²) in [4.78, 5) is 0. The van der Waals surface area contributed by atoms with E-state index in [4.69, 9.17) is 10.5 Å². The lowest BCUT2D eigenvalue weighted by molar-refractivity contribution is 0.340. The topological polar surface area (TPSA) is 78.9 Å². The normalized spacial score (nSPS) is 11.6. The fraction of sp³-hybridized carbons (Fsp3) is 0.500. The van der Waals surface area contributed by atoms with Gasteiger partial charge in [0, 0.05) is 12.1 Å². The number of rotatable bonds is 4. The Morgan fingerprint density at radius 1 is 1.30 bits per heavy atom. The quantitative estimate of drug-likeness (QED) is 0.867. The van der Waals surface area contributed by atoms with Crippen molar-refractivity contribution in [2.24, 2.45) is 5.41 Å². The van der Waals surface area contributed by atoms with E-state index in [1.165, 1.54) is 0 Å². The maximum Gasteiger partial charge on any atom is 0.182 e. The minimum atomic E-state index is 0.238. The van der Waals surface area contributed by atoms with Crippen molar-refractivity contribution >= 4 is 5.69 Å². The molecule has 2 aromatic rings. The summed E-state index contributed by atoms with van der Waals surface area (Å²) in [7, 11) is 1.60. The zero-order chi connectivity index (χ0) is 14.8. The molecule has 1 aromatic heterocycles. The van der Waals surface area contributed by atoms with Crippen LogP contribution in [0.2, 0.25) is 0 Å². The second-order valence-corrected chi connectivity index (χ2v) is 5.99. The summed E-state index contributed by atoms with van der Waals surface area (Å²) in [6.07, 6.45) is 0.997. The number of aromatic nitrogens is 4. The molecule has 2 N–H and O–H groups in total. The van der Waals surface area contributed by atoms with E-state index >= 15 is 0 Å². The second kappa shape index (κ2) is 5.48. The number of nitrogens with two attached hydrogens (primary N) is 1. The minimum absolute atomic E-state index is 0.238. The number of nitrogen functional groups attached to an aromatic ring is 1. The minimum Gasteiger partial charge on any atom is -0.495 e. The first-order valence-corrected chi connectivity index (χ1v) is 6.61. The number of benzene rings is 1. The summed E-state index contributed by atoms with van der Waals surface area (Å²) in [6.45, 7) is 7.37. The average Bonchev–Trinajstić information content (AvgIpc) is 2.83. The second-order valence-electron chi connectivity index (χ2n) is 5.99. The molecule has 20 heavy (non-hydrogen) atoms. The molecule has 2 rings (SSSR count). The van der Waals surface area contributed by atoms with Crippen LogP contribution in [0.4, 0.5) is 5.69 Å². The Morgan fingerprint density at radius 2 is 2.05 bits per heavy atom. The monoisotopic (exact) mass is 275 g/mol. The number of anilines is 1. The van der Waals surface area contributed by atoms with Crippen molar-refractivity contribution in [3.05, 3.63) is 18.2 Å². The highest BCUT2D eigenvalue weighted by atomic mass is 16.5. The van der Waals surface area contributed by atoms with Gasteiger partial charge in [0.1, 0.15) is 5.75 Å². The molecule has 0 atom stereocenters. The highest BCUT2D eigenvalue weighted by Crippen LogP contribution is 2.27. The Morgan fingerprint density at radius 3 is 2.65 bits per heavy atom. The largest absolute Gasteiger partial charge is 0.495 e. The van der Waals surface area contributed by atoms with E-state index in [1.54, 1.807) is 7.11 Å². The zero-order valence-electron chi connectivity index (χ0n) is 12.4. The molecule has 0 unspecified atom stereocenters. The summed E-state index contributed by atoms with van der Waals surface area (Å²) in [5.41, 5.74) is 7.64. The van der Waals surface area contributed by atoms with Crippen LogP contribution in [0, 0.1) is 5.41 Å². The molecule has 0 aliphatic rings. The van der Waals surface area contributed by atoms with Crippen LogP contribution in [0.5, 0.6) is 5.75 Å². The Hall–Kier alpha value is -2.11. The summed E-state index contributed by atoms with van der Waals surface area (Å²) < 4.78 is 6.97. The van der Waals surface area contributed by atoms with Crippen LogP contribution in [-0.4, -0.2) is 27.3 Å². The molecule has 0 fully saturated rings. The van der Waals surface area contributed by atoms with Gasteiger partial charge in [-0.1, -0.05) is 20.8 Å². The number of aryl methyl sites for hydroxylation is 1. The molecule has 0 amide bonds. The Kier molecular flexibility index (Phi) is 3.92. The molecule has 6 heteroatoms. The van der Waals surface area contributed by atoms with Crippen LogP contribution < -0.4 is 10.5 Å². The van der Waals surface area contributed by atoms with Crippen LogP contribution in [0.15, 0.2) is 18.2 Å². The molecule has 0 radical (unpaired) electrons. The van der Waals surface area contributed by atoms with Gasteiger partial charge in [-0.15, -0.1) is 5.10 Å². The van der Waals surface area contributed by atoms with E-state index in [2.05, 4.69) is 36.3 Å². The van der Waals surface area contributed by atoms with Crippen molar-refractivity contribution in [3.63, 3.8) is 0 Å². The van der Waals surface area contributed by atoms with Gasteiger partial charge in [-0.25, -0.2) is 4.68 Å². The standard InChI is InChI=1S/C14H21N5O/c1-14(2,3)7-8-19-13(16-17-18-19)10-5-6-12(20-4)11(15)9-10/h5-6,9H,7-8,15H2,1-4H3. The molecular formula is C14H21N5O. The highest BCUT2D eigenvalue weighted by Gasteiger charge is 2.15. The lowest BCUT2D eigenvalue weighted by Gasteiger charge is -2.17. The first-order valence-electron chi connectivity index (χ1n) is 6.61. The van der Waals surface area contributed by atoms with Gasteiger partial charge in [0.15, 0.2) is 5.82 Å². The van der Waals surface area contributed by atoms with E-state index in [-0.39, 0.29) is 5.41 Å². The fourth-order valence-electron chi connectivity index (χ4n) is 1.88. The van der Waals surface area contributed by atoms with Crippen LogP contribution >= 0.6 is 0 Å². The SMILES string of the molecule is COc1ccc(-c2nnnn2CCC(C)(C)C)cc1N. The summed E-state index contributed by atoms with van der Waals surface area (Å²) in [5, 5.41) is 11.9. The van der Waals surface area contributed by atoms with Gasteiger partial charge in [0.25, 0.3) is 0 Å². The number of hydrogen-bond donors (Lipinski definition) is 1. The summed E-state index contributed by atoms with van der Waals surface area (Å²) in [5.74, 6) is 1.38. The van der Waals surface area contributed by atoms with Crippen LogP contribution in [0.25, 0.3) is 11.4 Å². The van der Waals surface area contributed by atoms with Gasteiger partial charge in [-0.2, -0.15) is 0 Å². The molecule has 0 saturated heterocycles. The van der Waals surface area contributed by atoms with Crippen molar-refractivity contribution in [2.75, 3.05) is 12.8 Å². The average molecular weight is 275 g/mol. The van der Waals surface area contributed by atoms with E-state index < -0.39 is 0 Å². The first-order chi connectivity index (χ1) is 9.40. The molecule has 108 valence electrons. The molecule has 1 heterocycles. The number of tetrazole rings is 1. The molecule has 0 bridgehead atoms. The summed E-state index contributed by atoms with van der Waals surface area (Å²) in [6, 6.07) is 5.57. The van der Waals surface area contributed by atoms with Crippen molar-refractivity contribution in [2.45, 2.75) is 33.7 Å². The summed E-state index contributed by atoms with van der Waals surface area (Å²) >= 11 is 0. The van der Waals surface area contributed by atoms with Crippen molar-refractivity contribution in [3.8, 4) is 17.1 Å². The Labute approximate surface area is 118 Å². The molecule has 1 aromatic carbocycles. The van der Waals surface area contributed by atoms with Gasteiger partial charge in [-0.05, 0) is 40.5 Å². The van der Waals surface area contributed by atoms with Gasteiger partial charge in [-0.3, -0.25) is 0 Å². The number of methoxy groups -OCH3 is 1.